The second-order valence-corrected chi connectivity index (χ2v) is 4.42. The topological polar surface area (TPSA) is 148 Å². The molecular formula is C13H18N4O5. The van der Waals surface area contributed by atoms with Gasteiger partial charge in [-0.15, -0.1) is 0 Å². The molecule has 1 aliphatic heterocycles. The Labute approximate surface area is 126 Å². The summed E-state index contributed by atoms with van der Waals surface area (Å²) < 4.78 is 4.60. The summed E-state index contributed by atoms with van der Waals surface area (Å²) in [4.78, 5) is 28.9. The highest BCUT2D eigenvalue weighted by molar-refractivity contribution is 5.92. The van der Waals surface area contributed by atoms with Gasteiger partial charge in [-0.2, -0.15) is 5.48 Å². The predicted molar refractivity (Wildman–Crippen MR) is 75.9 cm³/mol. The molecule has 1 aromatic rings. The fraction of sp³-hybridized carbons (Fsp3) is 0.385. The second-order valence-electron chi connectivity index (χ2n) is 4.42. The SMILES string of the molecule is COC(=O)CC1CC(c2ccc(C(=N)N)nc2)NO1.O=CO. The van der Waals surface area contributed by atoms with Gasteiger partial charge in [0.25, 0.3) is 6.47 Å². The van der Waals surface area contributed by atoms with E-state index in [1.54, 1.807) is 12.3 Å². The van der Waals surface area contributed by atoms with Gasteiger partial charge in [-0.3, -0.25) is 24.8 Å². The molecule has 1 aromatic heterocycles. The Morgan fingerprint density at radius 1 is 1.68 bits per heavy atom. The van der Waals surface area contributed by atoms with Gasteiger partial charge in [-0.25, -0.2) is 0 Å². The van der Waals surface area contributed by atoms with Crippen LogP contribution in [-0.2, 0) is 19.2 Å². The zero-order valence-corrected chi connectivity index (χ0v) is 12.0. The zero-order valence-electron chi connectivity index (χ0n) is 12.0. The standard InChI is InChI=1S/C12H16N4O3.CH2O2/c1-18-11(17)5-8-4-10(16-19-8)7-2-3-9(12(13)14)15-6-7;2-1-3/h2-3,6,8,10,16H,4-5H2,1H3,(H3,13,14);1H,(H,2,3). The number of carbonyl (C=O) groups is 2. The average Bonchev–Trinajstić information content (AvgIpc) is 2.96. The molecule has 9 heteroatoms. The number of hydrogen-bond donors (Lipinski definition) is 4. The molecule has 22 heavy (non-hydrogen) atoms. The van der Waals surface area contributed by atoms with Crippen LogP contribution in [0.25, 0.3) is 0 Å². The van der Waals surface area contributed by atoms with Crippen molar-refractivity contribution in [2.75, 3.05) is 7.11 Å². The first-order valence-electron chi connectivity index (χ1n) is 6.38. The summed E-state index contributed by atoms with van der Waals surface area (Å²) in [5.41, 5.74) is 9.57. The molecule has 0 bridgehead atoms. The average molecular weight is 310 g/mol. The van der Waals surface area contributed by atoms with Gasteiger partial charge in [0.05, 0.1) is 25.7 Å². The normalized spacial score (nSPS) is 19.7. The molecule has 0 aliphatic carbocycles. The third-order valence-corrected chi connectivity index (χ3v) is 2.96. The number of hydroxylamine groups is 1. The Morgan fingerprint density at radius 3 is 2.86 bits per heavy atom. The molecule has 0 radical (unpaired) electrons. The molecule has 0 saturated carbocycles. The Balaban J connectivity index is 0.000000745. The molecule has 5 N–H and O–H groups in total. The van der Waals surface area contributed by atoms with Crippen LogP contribution in [0.2, 0.25) is 0 Å². The minimum absolute atomic E-state index is 0.0248. The van der Waals surface area contributed by atoms with E-state index in [9.17, 15) is 4.79 Å². The zero-order chi connectivity index (χ0) is 16.5. The first-order valence-corrected chi connectivity index (χ1v) is 6.38. The van der Waals surface area contributed by atoms with Crippen LogP contribution in [0, 0.1) is 5.41 Å². The maximum absolute atomic E-state index is 11.2. The van der Waals surface area contributed by atoms with E-state index < -0.39 is 0 Å². The van der Waals surface area contributed by atoms with Crippen LogP contribution in [0.15, 0.2) is 18.3 Å². The van der Waals surface area contributed by atoms with E-state index in [2.05, 4.69) is 15.2 Å². The van der Waals surface area contributed by atoms with E-state index in [0.29, 0.717) is 12.1 Å². The fourth-order valence-corrected chi connectivity index (χ4v) is 1.91. The number of pyridine rings is 1. The van der Waals surface area contributed by atoms with Gasteiger partial charge in [-0.05, 0) is 18.1 Å². The summed E-state index contributed by atoms with van der Waals surface area (Å²) in [5, 5.41) is 14.2. The van der Waals surface area contributed by atoms with Crippen molar-refractivity contribution in [2.24, 2.45) is 5.73 Å². The van der Waals surface area contributed by atoms with Crippen LogP contribution in [0.1, 0.15) is 30.1 Å². The molecule has 1 saturated heterocycles. The number of ether oxygens (including phenoxy) is 1. The first-order chi connectivity index (χ1) is 10.5. The van der Waals surface area contributed by atoms with Crippen molar-refractivity contribution < 1.29 is 24.3 Å². The summed E-state index contributed by atoms with van der Waals surface area (Å²) in [7, 11) is 1.35. The largest absolute Gasteiger partial charge is 0.483 e. The summed E-state index contributed by atoms with van der Waals surface area (Å²) in [6.07, 6.45) is 2.33. The third-order valence-electron chi connectivity index (χ3n) is 2.96. The van der Waals surface area contributed by atoms with Crippen LogP contribution >= 0.6 is 0 Å². The molecular weight excluding hydrogens is 292 g/mol. The van der Waals surface area contributed by atoms with Gasteiger partial charge in [0.15, 0.2) is 0 Å². The van der Waals surface area contributed by atoms with E-state index >= 15 is 0 Å². The Hall–Kier alpha value is -2.52. The maximum Gasteiger partial charge on any atom is 0.308 e. The van der Waals surface area contributed by atoms with Crippen molar-refractivity contribution in [1.29, 1.82) is 5.41 Å². The molecule has 1 fully saturated rings. The number of aromatic nitrogens is 1. The number of amidine groups is 1. The summed E-state index contributed by atoms with van der Waals surface area (Å²) in [6, 6.07) is 3.50. The lowest BCUT2D eigenvalue weighted by molar-refractivity contribution is -0.143. The van der Waals surface area contributed by atoms with E-state index in [0.717, 1.165) is 5.56 Å². The Kier molecular flexibility index (Phi) is 6.93. The molecule has 2 unspecified atom stereocenters. The van der Waals surface area contributed by atoms with Crippen LogP contribution < -0.4 is 11.2 Å². The first kappa shape index (κ1) is 17.5. The highest BCUT2D eigenvalue weighted by Crippen LogP contribution is 2.26. The minimum Gasteiger partial charge on any atom is -0.483 e. The lowest BCUT2D eigenvalue weighted by Gasteiger charge is -2.08. The van der Waals surface area contributed by atoms with Crippen LogP contribution in [-0.4, -0.2) is 41.6 Å². The molecule has 0 amide bonds. The van der Waals surface area contributed by atoms with Gasteiger partial charge in [0, 0.05) is 6.20 Å². The summed E-state index contributed by atoms with van der Waals surface area (Å²) >= 11 is 0. The Morgan fingerprint density at radius 2 is 2.36 bits per heavy atom. The fourth-order valence-electron chi connectivity index (χ4n) is 1.91. The quantitative estimate of drug-likeness (QED) is 0.262. The summed E-state index contributed by atoms with van der Waals surface area (Å²) in [6.45, 7) is -0.250. The molecule has 1 aliphatic rings. The van der Waals surface area contributed by atoms with Crippen molar-refractivity contribution in [3.05, 3.63) is 29.6 Å². The van der Waals surface area contributed by atoms with Gasteiger partial charge >= 0.3 is 5.97 Å². The van der Waals surface area contributed by atoms with Crippen molar-refractivity contribution in [3.63, 3.8) is 0 Å². The lowest BCUT2D eigenvalue weighted by atomic mass is 10.0. The minimum atomic E-state index is -0.294. The van der Waals surface area contributed by atoms with Crippen LogP contribution in [0.3, 0.4) is 0 Å². The third kappa shape index (κ3) is 5.11. The van der Waals surface area contributed by atoms with E-state index in [-0.39, 0.29) is 36.8 Å². The number of carbonyl (C=O) groups excluding carboxylic acids is 1. The van der Waals surface area contributed by atoms with Crippen molar-refractivity contribution in [3.8, 4) is 0 Å². The van der Waals surface area contributed by atoms with Gasteiger partial charge < -0.3 is 15.6 Å². The van der Waals surface area contributed by atoms with Crippen LogP contribution in [0.4, 0.5) is 0 Å². The van der Waals surface area contributed by atoms with Crippen molar-refractivity contribution >= 4 is 18.3 Å². The molecule has 0 spiro atoms. The number of nitrogens with two attached hydrogens (primary N) is 1. The molecule has 9 nitrogen and oxygen atoms in total. The smallest absolute Gasteiger partial charge is 0.308 e. The number of esters is 1. The monoisotopic (exact) mass is 310 g/mol. The number of methoxy groups -OCH3 is 1. The molecule has 2 rings (SSSR count). The number of nitrogens with zero attached hydrogens (tertiary/aromatic N) is 1. The molecule has 0 aromatic carbocycles. The highest BCUT2D eigenvalue weighted by Gasteiger charge is 2.28. The summed E-state index contributed by atoms with van der Waals surface area (Å²) in [5.74, 6) is -0.358. The second kappa shape index (κ2) is 8.70. The number of carboxylic acid groups (broad SMARTS) is 1. The van der Waals surface area contributed by atoms with Gasteiger partial charge in [0.1, 0.15) is 11.5 Å². The maximum atomic E-state index is 11.2. The van der Waals surface area contributed by atoms with Crippen LogP contribution in [0.5, 0.6) is 0 Å². The van der Waals surface area contributed by atoms with E-state index in [1.807, 2.05) is 6.07 Å². The van der Waals surface area contributed by atoms with Gasteiger partial charge in [-0.1, -0.05) is 6.07 Å². The molecule has 120 valence electrons. The van der Waals surface area contributed by atoms with E-state index in [4.69, 9.17) is 25.9 Å². The highest BCUT2D eigenvalue weighted by atomic mass is 16.7. The number of hydrogen-bond acceptors (Lipinski definition) is 7. The lowest BCUT2D eigenvalue weighted by Crippen LogP contribution is -2.16. The van der Waals surface area contributed by atoms with Crippen molar-refractivity contribution in [2.45, 2.75) is 25.0 Å². The predicted octanol–water partition coefficient (Wildman–Crippen LogP) is -0.0358. The number of rotatable bonds is 4. The molecule has 2 atom stereocenters. The Bertz CT molecular complexity index is 520. The van der Waals surface area contributed by atoms with E-state index in [1.165, 1.54) is 7.11 Å². The number of nitrogen functional groups attached to an aromatic ring is 1. The number of nitrogens with one attached hydrogen (secondary N) is 2. The van der Waals surface area contributed by atoms with Crippen molar-refractivity contribution in [1.82, 2.24) is 10.5 Å². The molecule has 2 heterocycles. The van der Waals surface area contributed by atoms with Gasteiger partial charge in [0.2, 0.25) is 0 Å².